The number of fused-ring (bicyclic) bond motifs is 5. The van der Waals surface area contributed by atoms with E-state index >= 15 is 0 Å². The van der Waals surface area contributed by atoms with E-state index < -0.39 is 0 Å². The maximum atomic E-state index is 5.46. The molecule has 0 aliphatic heterocycles. The minimum atomic E-state index is 0.864. The highest BCUT2D eigenvalue weighted by Crippen LogP contribution is 2.56. The topological polar surface area (TPSA) is 18.5 Å². The van der Waals surface area contributed by atoms with Crippen molar-refractivity contribution < 1.29 is 9.47 Å². The van der Waals surface area contributed by atoms with E-state index in [2.05, 4.69) is 11.3 Å². The summed E-state index contributed by atoms with van der Waals surface area (Å²) >= 11 is 2.19. The molecule has 3 heteroatoms. The Morgan fingerprint density at radius 1 is 0.680 bits per heavy atom. The Bertz CT molecular complexity index is 584. The molecule has 0 spiro atoms. The predicted molar refractivity (Wildman–Crippen MR) is 102 cm³/mol. The van der Waals surface area contributed by atoms with Gasteiger partial charge in [-0.25, -0.2) is 0 Å². The van der Waals surface area contributed by atoms with E-state index in [0.29, 0.717) is 0 Å². The lowest BCUT2D eigenvalue weighted by molar-refractivity contribution is 0.176. The fourth-order valence-corrected chi connectivity index (χ4v) is 7.89. The average Bonchev–Trinajstić information content (AvgIpc) is 3.39. The first-order valence-electron chi connectivity index (χ1n) is 10.4. The molecule has 0 bridgehead atoms. The minimum absolute atomic E-state index is 0.864. The van der Waals surface area contributed by atoms with Crippen LogP contribution in [0.1, 0.15) is 46.6 Å². The van der Waals surface area contributed by atoms with Crippen LogP contribution >= 0.6 is 11.3 Å². The maximum Gasteiger partial charge on any atom is 0.0496 e. The molecule has 138 valence electrons. The van der Waals surface area contributed by atoms with Crippen molar-refractivity contribution in [1.82, 2.24) is 0 Å². The van der Waals surface area contributed by atoms with Crippen molar-refractivity contribution in [2.24, 2.45) is 35.5 Å². The summed E-state index contributed by atoms with van der Waals surface area (Å²) in [6, 6.07) is 0. The quantitative estimate of drug-likeness (QED) is 0.786. The van der Waals surface area contributed by atoms with Gasteiger partial charge in [0.05, 0.1) is 0 Å². The van der Waals surface area contributed by atoms with Crippen LogP contribution in [0.4, 0.5) is 0 Å². The fraction of sp³-hybridized carbons (Fsp3) is 0.818. The van der Waals surface area contributed by atoms with E-state index in [1.807, 2.05) is 14.2 Å². The van der Waals surface area contributed by atoms with Crippen molar-refractivity contribution in [3.05, 3.63) is 20.9 Å². The first-order valence-corrected chi connectivity index (χ1v) is 11.2. The Labute approximate surface area is 156 Å². The number of hydrogen-bond donors (Lipinski definition) is 0. The Balaban J connectivity index is 1.31. The van der Waals surface area contributed by atoms with Crippen molar-refractivity contribution in [2.45, 2.75) is 51.4 Å². The number of rotatable bonds is 4. The van der Waals surface area contributed by atoms with Gasteiger partial charge in [-0.2, -0.15) is 0 Å². The lowest BCUT2D eigenvalue weighted by Gasteiger charge is -2.13. The van der Waals surface area contributed by atoms with Gasteiger partial charge in [0, 0.05) is 37.2 Å². The highest BCUT2D eigenvalue weighted by atomic mass is 32.1. The van der Waals surface area contributed by atoms with E-state index in [0.717, 1.165) is 48.7 Å². The molecule has 1 heterocycles. The second-order valence-corrected chi connectivity index (χ2v) is 10.1. The van der Waals surface area contributed by atoms with Crippen LogP contribution in [-0.4, -0.2) is 27.4 Å². The third kappa shape index (κ3) is 2.91. The zero-order chi connectivity index (χ0) is 17.0. The molecule has 0 amide bonds. The van der Waals surface area contributed by atoms with Crippen molar-refractivity contribution >= 4 is 11.3 Å². The molecular formula is C22H32O2S. The number of ether oxygens (including phenoxy) is 2. The van der Waals surface area contributed by atoms with Crippen LogP contribution in [-0.2, 0) is 35.2 Å². The molecule has 0 unspecified atom stereocenters. The molecule has 1 aromatic rings. The fourth-order valence-electron chi connectivity index (χ4n) is 6.45. The first-order chi connectivity index (χ1) is 12.3. The van der Waals surface area contributed by atoms with Crippen LogP contribution in [0.5, 0.6) is 0 Å². The van der Waals surface area contributed by atoms with Gasteiger partial charge in [-0.1, -0.05) is 0 Å². The number of methoxy groups -OCH3 is 2. The van der Waals surface area contributed by atoms with Gasteiger partial charge in [-0.15, -0.1) is 11.3 Å². The summed E-state index contributed by atoms with van der Waals surface area (Å²) in [5, 5.41) is 0. The van der Waals surface area contributed by atoms with Crippen LogP contribution in [0.25, 0.3) is 0 Å². The standard InChI is InChI=1S/C22H32O2S/c1-23-11-19-13-3-5-17-18-6-4-14-16(20(14)12-24-2)8-10-22(18)25-21(17)9-7-15(13)19/h13-16,19-20H,3-12H2,1-2H3/t13-,14-,15+,16+,19+,20+/m1/s1. The van der Waals surface area contributed by atoms with Gasteiger partial charge in [-0.05, 0) is 98.0 Å². The number of aryl methyl sites for hydroxylation is 2. The largest absolute Gasteiger partial charge is 0.384 e. The van der Waals surface area contributed by atoms with Crippen LogP contribution in [0.3, 0.4) is 0 Å². The SMILES string of the molecule is COC[C@H]1[C@@H]2CCc3c(sc4c3CC[C@@H]3[C@H](CC4)[C@H]3COC)CC[C@@H]21. The molecule has 2 nitrogen and oxygen atoms in total. The maximum absolute atomic E-state index is 5.46. The smallest absolute Gasteiger partial charge is 0.0496 e. The summed E-state index contributed by atoms with van der Waals surface area (Å²) in [5.74, 6) is 5.55. The summed E-state index contributed by atoms with van der Waals surface area (Å²) in [6.07, 6.45) is 11.0. The third-order valence-electron chi connectivity index (χ3n) is 7.88. The van der Waals surface area contributed by atoms with E-state index in [4.69, 9.17) is 9.47 Å². The molecule has 0 radical (unpaired) electrons. The van der Waals surface area contributed by atoms with E-state index in [-0.39, 0.29) is 0 Å². The summed E-state index contributed by atoms with van der Waals surface area (Å²) in [6.45, 7) is 1.98. The highest BCUT2D eigenvalue weighted by Gasteiger charge is 2.51. The molecule has 0 aromatic carbocycles. The van der Waals surface area contributed by atoms with Gasteiger partial charge >= 0.3 is 0 Å². The lowest BCUT2D eigenvalue weighted by atomic mass is 9.91. The Morgan fingerprint density at radius 3 is 1.48 bits per heavy atom. The summed E-state index contributed by atoms with van der Waals surface area (Å²) in [5.41, 5.74) is 3.59. The zero-order valence-corrected chi connectivity index (χ0v) is 16.6. The second kappa shape index (κ2) is 6.65. The molecule has 2 saturated carbocycles. The lowest BCUT2D eigenvalue weighted by Crippen LogP contribution is -2.04. The van der Waals surface area contributed by atoms with Crippen LogP contribution in [0, 0.1) is 35.5 Å². The predicted octanol–water partition coefficient (Wildman–Crippen LogP) is 4.52. The molecule has 4 aliphatic rings. The molecule has 6 atom stereocenters. The second-order valence-electron chi connectivity index (χ2n) is 8.95. The molecule has 4 aliphatic carbocycles. The third-order valence-corrected chi connectivity index (χ3v) is 9.28. The van der Waals surface area contributed by atoms with Crippen molar-refractivity contribution in [3.8, 4) is 0 Å². The zero-order valence-electron chi connectivity index (χ0n) is 15.8. The summed E-state index contributed by atoms with van der Waals surface area (Å²) < 4.78 is 10.9. The first kappa shape index (κ1) is 16.8. The van der Waals surface area contributed by atoms with Gasteiger partial charge in [0.2, 0.25) is 0 Å². The van der Waals surface area contributed by atoms with Crippen molar-refractivity contribution in [2.75, 3.05) is 27.4 Å². The Hall–Kier alpha value is -0.380. The molecule has 2 fully saturated rings. The number of thiophene rings is 1. The summed E-state index contributed by atoms with van der Waals surface area (Å²) in [7, 11) is 3.74. The van der Waals surface area contributed by atoms with Gasteiger partial charge in [-0.3, -0.25) is 0 Å². The molecular weight excluding hydrogens is 328 g/mol. The molecule has 1 aromatic heterocycles. The van der Waals surface area contributed by atoms with Crippen LogP contribution in [0.2, 0.25) is 0 Å². The van der Waals surface area contributed by atoms with E-state index in [1.54, 1.807) is 20.9 Å². The normalized spacial score (nSPS) is 39.0. The number of hydrogen-bond acceptors (Lipinski definition) is 3. The molecule has 25 heavy (non-hydrogen) atoms. The van der Waals surface area contributed by atoms with Gasteiger partial charge < -0.3 is 9.47 Å². The minimum Gasteiger partial charge on any atom is -0.384 e. The van der Waals surface area contributed by atoms with Crippen molar-refractivity contribution in [1.29, 1.82) is 0 Å². The van der Waals surface area contributed by atoms with Gasteiger partial charge in [0.15, 0.2) is 0 Å². The monoisotopic (exact) mass is 360 g/mol. The molecule has 5 rings (SSSR count). The van der Waals surface area contributed by atoms with Crippen LogP contribution in [0.15, 0.2) is 0 Å². The molecule has 0 saturated heterocycles. The Kier molecular flexibility index (Phi) is 4.46. The molecule has 0 N–H and O–H groups in total. The van der Waals surface area contributed by atoms with Crippen LogP contribution < -0.4 is 0 Å². The highest BCUT2D eigenvalue weighted by molar-refractivity contribution is 7.12. The van der Waals surface area contributed by atoms with Gasteiger partial charge in [0.1, 0.15) is 0 Å². The van der Waals surface area contributed by atoms with E-state index in [9.17, 15) is 0 Å². The van der Waals surface area contributed by atoms with Gasteiger partial charge in [0.25, 0.3) is 0 Å². The van der Waals surface area contributed by atoms with E-state index in [1.165, 1.54) is 51.4 Å². The van der Waals surface area contributed by atoms with Crippen molar-refractivity contribution in [3.63, 3.8) is 0 Å². The average molecular weight is 361 g/mol. The summed E-state index contributed by atoms with van der Waals surface area (Å²) in [4.78, 5) is 3.52. The Morgan fingerprint density at radius 2 is 1.08 bits per heavy atom.